The minimum absolute atomic E-state index is 0.00583. The van der Waals surface area contributed by atoms with Crippen molar-refractivity contribution < 1.29 is 9.53 Å². The van der Waals surface area contributed by atoms with E-state index in [1.807, 2.05) is 17.2 Å². The Labute approximate surface area is 198 Å². The van der Waals surface area contributed by atoms with Crippen molar-refractivity contribution in [3.05, 3.63) is 40.8 Å². The number of ether oxygens (including phenoxy) is 1. The van der Waals surface area contributed by atoms with Crippen molar-refractivity contribution in [2.75, 3.05) is 45.7 Å². The fourth-order valence-corrected chi connectivity index (χ4v) is 5.36. The molecule has 1 aromatic carbocycles. The van der Waals surface area contributed by atoms with Crippen molar-refractivity contribution in [2.24, 2.45) is 10.9 Å². The average molecular weight is 460 g/mol. The monoisotopic (exact) mass is 459 g/mol. The summed E-state index contributed by atoms with van der Waals surface area (Å²) < 4.78 is 5.65. The van der Waals surface area contributed by atoms with Crippen LogP contribution in [0.1, 0.15) is 28.8 Å². The number of hydrogen-bond acceptors (Lipinski definition) is 7. The maximum Gasteiger partial charge on any atom is 0.226 e. The predicted octanol–water partition coefficient (Wildman–Crippen LogP) is 2.52. The number of piperazine rings is 1. The van der Waals surface area contributed by atoms with Gasteiger partial charge in [0.2, 0.25) is 5.91 Å². The van der Waals surface area contributed by atoms with Gasteiger partial charge in [-0.05, 0) is 55.1 Å². The number of likely N-dealkylation sites (N-methyl/N-ethyl adjacent to an activating group) is 1. The first-order chi connectivity index (χ1) is 16.6. The first-order valence-electron chi connectivity index (χ1n) is 11.9. The molecule has 9 nitrogen and oxygen atoms in total. The van der Waals surface area contributed by atoms with Crippen molar-refractivity contribution in [3.63, 3.8) is 0 Å². The van der Waals surface area contributed by atoms with Gasteiger partial charge in [0.15, 0.2) is 0 Å². The number of nitrogens with one attached hydrogen (secondary N) is 2. The summed E-state index contributed by atoms with van der Waals surface area (Å²) in [4.78, 5) is 34.6. The van der Waals surface area contributed by atoms with Gasteiger partial charge in [-0.15, -0.1) is 0 Å². The van der Waals surface area contributed by atoms with Crippen LogP contribution in [0.5, 0.6) is 5.75 Å². The highest BCUT2D eigenvalue weighted by Crippen LogP contribution is 2.38. The van der Waals surface area contributed by atoms with E-state index in [-0.39, 0.29) is 11.8 Å². The summed E-state index contributed by atoms with van der Waals surface area (Å²) in [6.07, 6.45) is 5.87. The van der Waals surface area contributed by atoms with E-state index in [1.54, 1.807) is 13.4 Å². The van der Waals surface area contributed by atoms with E-state index in [2.05, 4.69) is 43.3 Å². The van der Waals surface area contributed by atoms with Crippen LogP contribution in [0.3, 0.4) is 0 Å². The predicted molar refractivity (Wildman–Crippen MR) is 131 cm³/mol. The molecule has 1 saturated heterocycles. The molecule has 2 N–H and O–H groups in total. The van der Waals surface area contributed by atoms with Crippen LogP contribution >= 0.6 is 0 Å². The number of carbonyl (C=O) groups is 1. The summed E-state index contributed by atoms with van der Waals surface area (Å²) in [5.74, 6) is 1.75. The fraction of sp³-hybridized carbons (Fsp3) is 0.440. The van der Waals surface area contributed by atoms with Crippen molar-refractivity contribution in [3.8, 4) is 5.75 Å². The fourth-order valence-electron chi connectivity index (χ4n) is 5.36. The highest BCUT2D eigenvalue weighted by Gasteiger charge is 2.32. The molecule has 9 heteroatoms. The Kier molecular flexibility index (Phi) is 5.21. The molecule has 4 heterocycles. The number of hydrogen-bond donors (Lipinski definition) is 2. The van der Waals surface area contributed by atoms with Gasteiger partial charge in [-0.2, -0.15) is 0 Å². The second-order valence-corrected chi connectivity index (χ2v) is 9.44. The van der Waals surface area contributed by atoms with Crippen LogP contribution in [0.2, 0.25) is 0 Å². The lowest BCUT2D eigenvalue weighted by atomic mass is 9.85. The number of H-pyrrole nitrogens is 1. The first-order valence-corrected chi connectivity index (χ1v) is 11.9. The number of fused-ring (bicyclic) bond motifs is 4. The van der Waals surface area contributed by atoms with Crippen LogP contribution in [0.4, 0.5) is 11.5 Å². The summed E-state index contributed by atoms with van der Waals surface area (Å²) in [6.45, 7) is 4.17. The van der Waals surface area contributed by atoms with Crippen molar-refractivity contribution in [1.29, 1.82) is 0 Å². The zero-order chi connectivity index (χ0) is 23.2. The lowest BCUT2D eigenvalue weighted by Gasteiger charge is -2.35. The number of aliphatic imine (C=N–C) groups is 1. The molecule has 176 valence electrons. The van der Waals surface area contributed by atoms with Gasteiger partial charge < -0.3 is 24.8 Å². The highest BCUT2D eigenvalue weighted by molar-refractivity contribution is 5.95. The molecule has 34 heavy (non-hydrogen) atoms. The number of aromatic amines is 1. The van der Waals surface area contributed by atoms with E-state index < -0.39 is 0 Å². The van der Waals surface area contributed by atoms with Crippen molar-refractivity contribution in [2.45, 2.75) is 25.8 Å². The SMILES string of the molecule is COc1cc2c(cc1Nc1ncnc3[nH]c4c(c13)CC(C(=O)N1CCN(C)CC1)CC4)C=NC2. The van der Waals surface area contributed by atoms with Crippen LogP contribution in [0.15, 0.2) is 23.5 Å². The molecule has 0 spiro atoms. The van der Waals surface area contributed by atoms with Crippen LogP contribution in [0, 0.1) is 5.92 Å². The molecule has 2 aliphatic heterocycles. The van der Waals surface area contributed by atoms with Gasteiger partial charge in [0.05, 0.1) is 24.7 Å². The molecular weight excluding hydrogens is 430 g/mol. The Hall–Kier alpha value is -3.46. The number of anilines is 2. The quantitative estimate of drug-likeness (QED) is 0.622. The van der Waals surface area contributed by atoms with Gasteiger partial charge >= 0.3 is 0 Å². The van der Waals surface area contributed by atoms with Crippen molar-refractivity contribution >= 4 is 34.7 Å². The maximum atomic E-state index is 13.3. The number of amides is 1. The van der Waals surface area contributed by atoms with E-state index in [1.165, 1.54) is 0 Å². The zero-order valence-electron chi connectivity index (χ0n) is 19.6. The van der Waals surface area contributed by atoms with Gasteiger partial charge in [0.25, 0.3) is 0 Å². The molecule has 3 aromatic rings. The van der Waals surface area contributed by atoms with Gasteiger partial charge in [-0.3, -0.25) is 9.79 Å². The molecule has 1 aliphatic carbocycles. The van der Waals surface area contributed by atoms with Crippen LogP contribution in [-0.2, 0) is 24.2 Å². The normalized spacial score (nSPS) is 19.8. The maximum absolute atomic E-state index is 13.3. The summed E-state index contributed by atoms with van der Waals surface area (Å²) in [7, 11) is 3.78. The van der Waals surface area contributed by atoms with Gasteiger partial charge in [0, 0.05) is 44.0 Å². The number of methoxy groups -OCH3 is 1. The largest absolute Gasteiger partial charge is 0.495 e. The molecular formula is C25H29N7O2. The van der Waals surface area contributed by atoms with E-state index >= 15 is 0 Å². The van der Waals surface area contributed by atoms with Crippen LogP contribution < -0.4 is 10.1 Å². The second kappa shape index (κ2) is 8.39. The van der Waals surface area contributed by atoms with Crippen molar-refractivity contribution in [1.82, 2.24) is 24.8 Å². The summed E-state index contributed by atoms with van der Waals surface area (Å²) >= 11 is 0. The Bertz CT molecular complexity index is 1290. The molecule has 1 amide bonds. The number of rotatable bonds is 4. The van der Waals surface area contributed by atoms with E-state index in [0.717, 1.165) is 89.7 Å². The third-order valence-corrected chi connectivity index (χ3v) is 7.35. The number of aryl methyl sites for hydroxylation is 1. The topological polar surface area (TPSA) is 98.7 Å². The van der Waals surface area contributed by atoms with Gasteiger partial charge in [-0.1, -0.05) is 0 Å². The van der Waals surface area contributed by atoms with E-state index in [0.29, 0.717) is 13.0 Å². The minimum atomic E-state index is -0.00583. The molecule has 0 bridgehead atoms. The van der Waals surface area contributed by atoms with Gasteiger partial charge in [-0.25, -0.2) is 9.97 Å². The minimum Gasteiger partial charge on any atom is -0.495 e. The third-order valence-electron chi connectivity index (χ3n) is 7.35. The average Bonchev–Trinajstić information content (AvgIpc) is 3.47. The zero-order valence-corrected chi connectivity index (χ0v) is 19.6. The standard InChI is InChI=1S/C25H29N7O2/c1-31-5-7-32(8-6-31)25(33)15-3-4-19-18(9-15)22-23(29-19)27-14-28-24(22)30-20-10-16-12-26-13-17(16)11-21(20)34-2/h10-12,14-15H,3-9,13H2,1-2H3,(H2,27,28,29,30). The second-order valence-electron chi connectivity index (χ2n) is 9.44. The Morgan fingerprint density at radius 2 is 2.06 bits per heavy atom. The Balaban J connectivity index is 1.32. The molecule has 3 aliphatic rings. The molecule has 1 unspecified atom stereocenters. The van der Waals surface area contributed by atoms with E-state index in [4.69, 9.17) is 4.74 Å². The molecule has 6 rings (SSSR count). The number of aromatic nitrogens is 3. The van der Waals surface area contributed by atoms with Crippen LogP contribution in [-0.4, -0.2) is 77.2 Å². The smallest absolute Gasteiger partial charge is 0.226 e. The van der Waals surface area contributed by atoms with Gasteiger partial charge in [0.1, 0.15) is 23.5 Å². The van der Waals surface area contributed by atoms with Crippen LogP contribution in [0.25, 0.3) is 11.0 Å². The molecule has 1 fully saturated rings. The molecule has 0 radical (unpaired) electrons. The molecule has 1 atom stereocenters. The summed E-state index contributed by atoms with van der Waals surface area (Å²) in [5.41, 5.74) is 6.19. The first kappa shape index (κ1) is 21.1. The molecule has 0 saturated carbocycles. The van der Waals surface area contributed by atoms with E-state index in [9.17, 15) is 4.79 Å². The lowest BCUT2D eigenvalue weighted by molar-refractivity contribution is -0.137. The Morgan fingerprint density at radius 3 is 2.88 bits per heavy atom. The number of carbonyl (C=O) groups excluding carboxylic acids is 1. The Morgan fingerprint density at radius 1 is 1.21 bits per heavy atom. The highest BCUT2D eigenvalue weighted by atomic mass is 16.5. The molecule has 2 aromatic heterocycles. The number of nitrogens with zero attached hydrogens (tertiary/aromatic N) is 5. The summed E-state index contributed by atoms with van der Waals surface area (Å²) in [5, 5.41) is 4.45. The third kappa shape index (κ3) is 3.60. The number of benzene rings is 1. The lowest BCUT2D eigenvalue weighted by Crippen LogP contribution is -2.49. The summed E-state index contributed by atoms with van der Waals surface area (Å²) in [6, 6.07) is 4.08.